The molecule has 2 rings (SSSR count). The Bertz CT molecular complexity index is 605. The molecule has 0 saturated heterocycles. The highest BCUT2D eigenvalue weighted by Crippen LogP contribution is 2.21. The number of nitrogens with one attached hydrogen (secondary N) is 1. The van der Waals surface area contributed by atoms with Crippen molar-refractivity contribution in [2.45, 2.75) is 6.54 Å². The van der Waals surface area contributed by atoms with Crippen molar-refractivity contribution in [1.29, 1.82) is 5.26 Å². The molecule has 0 bridgehead atoms. The van der Waals surface area contributed by atoms with Gasteiger partial charge in [-0.25, -0.2) is 0 Å². The van der Waals surface area contributed by atoms with E-state index in [1.807, 2.05) is 30.3 Å². The maximum absolute atomic E-state index is 8.77. The molecule has 0 unspecified atom stereocenters. The minimum absolute atomic E-state index is 0.582. The summed E-state index contributed by atoms with van der Waals surface area (Å²) in [7, 11) is 0. The quantitative estimate of drug-likeness (QED) is 0.814. The van der Waals surface area contributed by atoms with E-state index in [-0.39, 0.29) is 0 Å². The van der Waals surface area contributed by atoms with E-state index in [9.17, 15) is 0 Å². The van der Waals surface area contributed by atoms with Crippen LogP contribution in [0.25, 0.3) is 0 Å². The average Bonchev–Trinajstić information content (AvgIpc) is 2.39. The number of hydrogen-bond donors (Lipinski definition) is 1. The lowest BCUT2D eigenvalue weighted by molar-refractivity contribution is 1.14. The van der Waals surface area contributed by atoms with Gasteiger partial charge in [-0.3, -0.25) is 0 Å². The van der Waals surface area contributed by atoms with Gasteiger partial charge in [-0.05, 0) is 52.4 Å². The van der Waals surface area contributed by atoms with Crippen molar-refractivity contribution in [3.05, 3.63) is 62.2 Å². The molecule has 0 spiro atoms. The van der Waals surface area contributed by atoms with Gasteiger partial charge in [0, 0.05) is 20.8 Å². The Morgan fingerprint density at radius 1 is 1.22 bits per heavy atom. The van der Waals surface area contributed by atoms with Crippen LogP contribution in [0.3, 0.4) is 0 Å². The second-order valence-corrected chi connectivity index (χ2v) is 5.32. The Balaban J connectivity index is 2.12. The molecule has 2 aromatic rings. The van der Waals surface area contributed by atoms with Crippen molar-refractivity contribution in [3.8, 4) is 6.07 Å². The second-order valence-electron chi connectivity index (χ2n) is 3.75. The first-order valence-corrected chi connectivity index (χ1v) is 6.83. The molecular weight excluding hydrogens is 359 g/mol. The minimum Gasteiger partial charge on any atom is -0.380 e. The van der Waals surface area contributed by atoms with Crippen LogP contribution in [0.15, 0.2) is 42.5 Å². The summed E-state index contributed by atoms with van der Waals surface area (Å²) >= 11 is 8.41. The van der Waals surface area contributed by atoms with Crippen molar-refractivity contribution in [2.75, 3.05) is 5.32 Å². The fourth-order valence-corrected chi connectivity index (χ4v) is 2.38. The number of nitrogens with zero attached hydrogens (tertiary/aromatic N) is 1. The first-order valence-electron chi connectivity index (χ1n) is 5.37. The van der Waals surface area contributed by atoms with Crippen LogP contribution < -0.4 is 5.32 Å². The van der Waals surface area contributed by atoms with Gasteiger partial charge >= 0.3 is 0 Å². The molecule has 0 amide bonds. The van der Waals surface area contributed by atoms with Crippen LogP contribution in [-0.4, -0.2) is 0 Å². The van der Waals surface area contributed by atoms with Crippen LogP contribution in [0.5, 0.6) is 0 Å². The number of nitriles is 1. The fourth-order valence-electron chi connectivity index (χ4n) is 1.56. The van der Waals surface area contributed by atoms with E-state index in [4.69, 9.17) is 16.9 Å². The van der Waals surface area contributed by atoms with E-state index < -0.39 is 0 Å². The zero-order valence-electron chi connectivity index (χ0n) is 9.45. The SMILES string of the molecule is N#Cc1ccc(CNc2ccccc2I)c(Cl)c1. The number of rotatable bonds is 3. The summed E-state index contributed by atoms with van der Waals surface area (Å²) < 4.78 is 1.17. The standard InChI is InChI=1S/C14H10ClIN2/c15-12-7-10(8-17)5-6-11(12)9-18-14-4-2-1-3-13(14)16/h1-7,18H,9H2. The fraction of sp³-hybridized carbons (Fsp3) is 0.0714. The molecule has 90 valence electrons. The molecule has 0 aliphatic carbocycles. The number of hydrogen-bond acceptors (Lipinski definition) is 2. The van der Waals surface area contributed by atoms with E-state index in [2.05, 4.69) is 34.0 Å². The van der Waals surface area contributed by atoms with E-state index in [0.29, 0.717) is 17.1 Å². The summed E-state index contributed by atoms with van der Waals surface area (Å²) in [6, 6.07) is 15.5. The van der Waals surface area contributed by atoms with E-state index >= 15 is 0 Å². The number of para-hydroxylation sites is 1. The third-order valence-electron chi connectivity index (χ3n) is 2.53. The summed E-state index contributed by atoms with van der Waals surface area (Å²) in [6.45, 7) is 0.643. The van der Waals surface area contributed by atoms with Gasteiger partial charge in [0.05, 0.1) is 11.6 Å². The van der Waals surface area contributed by atoms with Crippen molar-refractivity contribution >= 4 is 39.9 Å². The predicted molar refractivity (Wildman–Crippen MR) is 82.7 cm³/mol. The summed E-state index contributed by atoms with van der Waals surface area (Å²) in [6.07, 6.45) is 0. The first kappa shape index (κ1) is 13.2. The largest absolute Gasteiger partial charge is 0.380 e. The van der Waals surface area contributed by atoms with Gasteiger partial charge in [0.1, 0.15) is 0 Å². The number of halogens is 2. The summed E-state index contributed by atoms with van der Waals surface area (Å²) in [5, 5.41) is 12.7. The van der Waals surface area contributed by atoms with Gasteiger partial charge in [0.2, 0.25) is 0 Å². The number of anilines is 1. The first-order chi connectivity index (χ1) is 8.70. The topological polar surface area (TPSA) is 35.8 Å². The lowest BCUT2D eigenvalue weighted by Gasteiger charge is -2.09. The van der Waals surface area contributed by atoms with E-state index in [0.717, 1.165) is 11.3 Å². The van der Waals surface area contributed by atoms with E-state index in [1.165, 1.54) is 3.57 Å². The molecular formula is C14H10ClIN2. The van der Waals surface area contributed by atoms with Gasteiger partial charge in [-0.15, -0.1) is 0 Å². The molecule has 0 heterocycles. The summed E-state index contributed by atoms with van der Waals surface area (Å²) in [5.74, 6) is 0. The minimum atomic E-state index is 0.582. The molecule has 18 heavy (non-hydrogen) atoms. The van der Waals surface area contributed by atoms with Gasteiger partial charge < -0.3 is 5.32 Å². The molecule has 0 atom stereocenters. The third-order valence-corrected chi connectivity index (χ3v) is 3.82. The Labute approximate surface area is 125 Å². The van der Waals surface area contributed by atoms with Crippen molar-refractivity contribution in [2.24, 2.45) is 0 Å². The molecule has 2 nitrogen and oxygen atoms in total. The molecule has 0 saturated carbocycles. The van der Waals surface area contributed by atoms with Crippen molar-refractivity contribution in [1.82, 2.24) is 0 Å². The number of benzene rings is 2. The molecule has 0 fully saturated rings. The molecule has 0 aliphatic heterocycles. The van der Waals surface area contributed by atoms with Crippen LogP contribution >= 0.6 is 34.2 Å². The van der Waals surface area contributed by atoms with Crippen LogP contribution in [0, 0.1) is 14.9 Å². The summed E-state index contributed by atoms with van der Waals surface area (Å²) in [5.41, 5.74) is 2.65. The monoisotopic (exact) mass is 368 g/mol. The van der Waals surface area contributed by atoms with E-state index in [1.54, 1.807) is 12.1 Å². The molecule has 0 aliphatic rings. The molecule has 0 aromatic heterocycles. The highest BCUT2D eigenvalue weighted by Gasteiger charge is 2.03. The molecule has 2 aromatic carbocycles. The van der Waals surface area contributed by atoms with Gasteiger partial charge in [0.15, 0.2) is 0 Å². The molecule has 4 heteroatoms. The second kappa shape index (κ2) is 6.07. The molecule has 0 radical (unpaired) electrons. The third kappa shape index (κ3) is 3.15. The predicted octanol–water partition coefficient (Wildman–Crippen LogP) is 4.43. The Morgan fingerprint density at radius 3 is 2.67 bits per heavy atom. The van der Waals surface area contributed by atoms with Crippen LogP contribution in [-0.2, 0) is 6.54 Å². The lowest BCUT2D eigenvalue weighted by atomic mass is 10.1. The van der Waals surface area contributed by atoms with Crippen LogP contribution in [0.1, 0.15) is 11.1 Å². The van der Waals surface area contributed by atoms with Crippen LogP contribution in [0.4, 0.5) is 5.69 Å². The smallest absolute Gasteiger partial charge is 0.0992 e. The highest BCUT2D eigenvalue weighted by molar-refractivity contribution is 14.1. The van der Waals surface area contributed by atoms with Crippen molar-refractivity contribution < 1.29 is 0 Å². The zero-order valence-corrected chi connectivity index (χ0v) is 12.4. The normalized spacial score (nSPS) is 9.83. The van der Waals surface area contributed by atoms with Gasteiger partial charge in [-0.2, -0.15) is 5.26 Å². The Morgan fingerprint density at radius 2 is 2.00 bits per heavy atom. The molecule has 1 N–H and O–H groups in total. The maximum Gasteiger partial charge on any atom is 0.0992 e. The Kier molecular flexibility index (Phi) is 4.45. The maximum atomic E-state index is 8.77. The average molecular weight is 369 g/mol. The zero-order chi connectivity index (χ0) is 13.0. The van der Waals surface area contributed by atoms with Gasteiger partial charge in [0.25, 0.3) is 0 Å². The Hall–Kier alpha value is -1.25. The highest BCUT2D eigenvalue weighted by atomic mass is 127. The lowest BCUT2D eigenvalue weighted by Crippen LogP contribution is -2.01. The van der Waals surface area contributed by atoms with Crippen molar-refractivity contribution in [3.63, 3.8) is 0 Å². The van der Waals surface area contributed by atoms with Crippen LogP contribution in [0.2, 0.25) is 5.02 Å². The summed E-state index contributed by atoms with van der Waals surface area (Å²) in [4.78, 5) is 0. The van der Waals surface area contributed by atoms with Gasteiger partial charge in [-0.1, -0.05) is 29.8 Å².